The lowest BCUT2D eigenvalue weighted by Crippen LogP contribution is -2.33. The Morgan fingerprint density at radius 3 is 3.12 bits per heavy atom. The number of aryl methyl sites for hydroxylation is 1. The van der Waals surface area contributed by atoms with Crippen molar-refractivity contribution < 1.29 is 4.74 Å². The summed E-state index contributed by atoms with van der Waals surface area (Å²) in [5.41, 5.74) is 2.93. The molecule has 94 valence electrons. The zero-order valence-corrected chi connectivity index (χ0v) is 12.1. The first-order valence-electron chi connectivity index (χ1n) is 6.32. The summed E-state index contributed by atoms with van der Waals surface area (Å²) in [6.45, 7) is 5.81. The molecular weight excluding hydrogens is 278 g/mol. The third kappa shape index (κ3) is 3.30. The maximum atomic E-state index is 5.44. The van der Waals surface area contributed by atoms with Crippen LogP contribution in [0.25, 0.3) is 0 Å². The van der Waals surface area contributed by atoms with Gasteiger partial charge in [0.25, 0.3) is 0 Å². The Hall–Kier alpha value is -0.380. The predicted octanol–water partition coefficient (Wildman–Crippen LogP) is 3.45. The smallest absolute Gasteiger partial charge is 0.0616 e. The van der Waals surface area contributed by atoms with Crippen LogP contribution in [0, 0.1) is 0 Å². The van der Waals surface area contributed by atoms with Crippen molar-refractivity contribution in [3.63, 3.8) is 0 Å². The third-order valence-electron chi connectivity index (χ3n) is 3.24. The zero-order valence-electron chi connectivity index (χ0n) is 10.5. The SMILES string of the molecule is CCOCC(C)NC1CCc2cc(Br)ccc21. The van der Waals surface area contributed by atoms with Crippen LogP contribution >= 0.6 is 15.9 Å². The third-order valence-corrected chi connectivity index (χ3v) is 3.73. The first kappa shape index (κ1) is 13.1. The highest BCUT2D eigenvalue weighted by Gasteiger charge is 2.23. The van der Waals surface area contributed by atoms with Gasteiger partial charge in [0, 0.05) is 23.2 Å². The van der Waals surface area contributed by atoms with Gasteiger partial charge in [-0.2, -0.15) is 0 Å². The Balaban J connectivity index is 1.97. The van der Waals surface area contributed by atoms with E-state index >= 15 is 0 Å². The van der Waals surface area contributed by atoms with Gasteiger partial charge >= 0.3 is 0 Å². The molecule has 0 spiro atoms. The maximum Gasteiger partial charge on any atom is 0.0616 e. The van der Waals surface area contributed by atoms with Gasteiger partial charge in [-0.3, -0.25) is 0 Å². The molecule has 1 aliphatic carbocycles. The number of nitrogens with one attached hydrogen (secondary N) is 1. The van der Waals surface area contributed by atoms with Crippen molar-refractivity contribution >= 4 is 15.9 Å². The summed E-state index contributed by atoms with van der Waals surface area (Å²) < 4.78 is 6.62. The van der Waals surface area contributed by atoms with Crippen molar-refractivity contribution in [2.75, 3.05) is 13.2 Å². The molecule has 2 atom stereocenters. The van der Waals surface area contributed by atoms with Crippen molar-refractivity contribution in [3.05, 3.63) is 33.8 Å². The number of ether oxygens (including phenoxy) is 1. The van der Waals surface area contributed by atoms with Gasteiger partial charge in [0.2, 0.25) is 0 Å². The van der Waals surface area contributed by atoms with Gasteiger partial charge in [-0.15, -0.1) is 0 Å². The molecule has 0 heterocycles. The van der Waals surface area contributed by atoms with Crippen LogP contribution in [0.1, 0.15) is 37.4 Å². The molecule has 0 fully saturated rings. The molecule has 0 saturated carbocycles. The molecule has 1 aromatic carbocycles. The van der Waals surface area contributed by atoms with Gasteiger partial charge in [0.1, 0.15) is 0 Å². The van der Waals surface area contributed by atoms with E-state index in [-0.39, 0.29) is 0 Å². The topological polar surface area (TPSA) is 21.3 Å². The Morgan fingerprint density at radius 1 is 1.53 bits per heavy atom. The molecule has 0 amide bonds. The molecule has 0 radical (unpaired) electrons. The molecule has 17 heavy (non-hydrogen) atoms. The Labute approximate surface area is 112 Å². The second kappa shape index (κ2) is 5.98. The van der Waals surface area contributed by atoms with Gasteiger partial charge in [0.05, 0.1) is 6.61 Å². The van der Waals surface area contributed by atoms with Crippen LogP contribution in [0.4, 0.5) is 0 Å². The standard InChI is InChI=1S/C14H20BrNO/c1-3-17-9-10(2)16-14-7-4-11-8-12(15)5-6-13(11)14/h5-6,8,10,14,16H,3-4,7,9H2,1-2H3. The number of hydrogen-bond acceptors (Lipinski definition) is 2. The molecule has 0 aromatic heterocycles. The summed E-state index contributed by atoms with van der Waals surface area (Å²) in [6.07, 6.45) is 2.37. The van der Waals surface area contributed by atoms with Gasteiger partial charge in [-0.25, -0.2) is 0 Å². The highest BCUT2D eigenvalue weighted by atomic mass is 79.9. The molecule has 0 bridgehead atoms. The van der Waals surface area contributed by atoms with Crippen LogP contribution in [0.5, 0.6) is 0 Å². The molecule has 0 saturated heterocycles. The van der Waals surface area contributed by atoms with E-state index in [0.29, 0.717) is 12.1 Å². The van der Waals surface area contributed by atoms with E-state index < -0.39 is 0 Å². The van der Waals surface area contributed by atoms with Gasteiger partial charge in [0.15, 0.2) is 0 Å². The number of fused-ring (bicyclic) bond motifs is 1. The van der Waals surface area contributed by atoms with E-state index in [4.69, 9.17) is 4.74 Å². The molecule has 2 rings (SSSR count). The van der Waals surface area contributed by atoms with Crippen LogP contribution in [-0.2, 0) is 11.2 Å². The lowest BCUT2D eigenvalue weighted by molar-refractivity contribution is 0.123. The van der Waals surface area contributed by atoms with E-state index in [2.05, 4.69) is 46.4 Å². The fourth-order valence-corrected chi connectivity index (χ4v) is 2.85. The van der Waals surface area contributed by atoms with Crippen molar-refractivity contribution in [3.8, 4) is 0 Å². The number of halogens is 1. The summed E-state index contributed by atoms with van der Waals surface area (Å²) >= 11 is 3.53. The predicted molar refractivity (Wildman–Crippen MR) is 74.3 cm³/mol. The Morgan fingerprint density at radius 2 is 2.35 bits per heavy atom. The molecule has 1 aliphatic rings. The van der Waals surface area contributed by atoms with Crippen molar-refractivity contribution in [2.45, 2.75) is 38.8 Å². The summed E-state index contributed by atoms with van der Waals surface area (Å²) in [7, 11) is 0. The first-order chi connectivity index (χ1) is 8.20. The van der Waals surface area contributed by atoms with E-state index in [9.17, 15) is 0 Å². The Kier molecular flexibility index (Phi) is 4.60. The van der Waals surface area contributed by atoms with Gasteiger partial charge in [-0.1, -0.05) is 22.0 Å². The van der Waals surface area contributed by atoms with Crippen molar-refractivity contribution in [1.29, 1.82) is 0 Å². The van der Waals surface area contributed by atoms with Crippen molar-refractivity contribution in [2.24, 2.45) is 0 Å². The fraction of sp³-hybridized carbons (Fsp3) is 0.571. The minimum atomic E-state index is 0.412. The molecular formula is C14H20BrNO. The average Bonchev–Trinajstić information content (AvgIpc) is 2.69. The Bertz CT molecular complexity index is 380. The molecule has 3 heteroatoms. The lowest BCUT2D eigenvalue weighted by atomic mass is 10.1. The monoisotopic (exact) mass is 297 g/mol. The molecule has 2 nitrogen and oxygen atoms in total. The van der Waals surface area contributed by atoms with Crippen LogP contribution < -0.4 is 5.32 Å². The summed E-state index contributed by atoms with van der Waals surface area (Å²) in [5, 5.41) is 3.65. The minimum Gasteiger partial charge on any atom is -0.380 e. The zero-order chi connectivity index (χ0) is 12.3. The minimum absolute atomic E-state index is 0.412. The van der Waals surface area contributed by atoms with Crippen LogP contribution in [0.15, 0.2) is 22.7 Å². The van der Waals surface area contributed by atoms with Crippen LogP contribution in [0.3, 0.4) is 0 Å². The second-order valence-electron chi connectivity index (χ2n) is 4.66. The normalized spacial score (nSPS) is 20.3. The molecule has 1 aromatic rings. The van der Waals surface area contributed by atoms with E-state index in [0.717, 1.165) is 13.2 Å². The van der Waals surface area contributed by atoms with Gasteiger partial charge < -0.3 is 10.1 Å². The lowest BCUT2D eigenvalue weighted by Gasteiger charge is -2.20. The van der Waals surface area contributed by atoms with Crippen molar-refractivity contribution in [1.82, 2.24) is 5.32 Å². The second-order valence-corrected chi connectivity index (χ2v) is 5.58. The van der Waals surface area contributed by atoms with E-state index in [1.54, 1.807) is 0 Å². The summed E-state index contributed by atoms with van der Waals surface area (Å²) in [4.78, 5) is 0. The van der Waals surface area contributed by atoms with Crippen LogP contribution in [-0.4, -0.2) is 19.3 Å². The molecule has 0 aliphatic heterocycles. The fourth-order valence-electron chi connectivity index (χ4n) is 2.45. The largest absolute Gasteiger partial charge is 0.380 e. The van der Waals surface area contributed by atoms with Gasteiger partial charge in [-0.05, 0) is 49.9 Å². The average molecular weight is 298 g/mol. The molecule has 1 N–H and O–H groups in total. The highest BCUT2D eigenvalue weighted by molar-refractivity contribution is 9.10. The number of benzene rings is 1. The quantitative estimate of drug-likeness (QED) is 0.899. The summed E-state index contributed by atoms with van der Waals surface area (Å²) in [5.74, 6) is 0. The molecule has 2 unspecified atom stereocenters. The number of hydrogen-bond donors (Lipinski definition) is 1. The number of rotatable bonds is 5. The maximum absolute atomic E-state index is 5.44. The first-order valence-corrected chi connectivity index (χ1v) is 7.12. The van der Waals surface area contributed by atoms with E-state index in [1.165, 1.54) is 28.4 Å². The summed E-state index contributed by atoms with van der Waals surface area (Å²) in [6, 6.07) is 7.51. The highest BCUT2D eigenvalue weighted by Crippen LogP contribution is 2.33. The van der Waals surface area contributed by atoms with Crippen LogP contribution in [0.2, 0.25) is 0 Å². The van der Waals surface area contributed by atoms with E-state index in [1.807, 2.05) is 6.92 Å².